The zero-order chi connectivity index (χ0) is 14.5. The summed E-state index contributed by atoms with van der Waals surface area (Å²) in [6.07, 6.45) is 0.399. The number of halogens is 2. The van der Waals surface area contributed by atoms with Gasteiger partial charge in [0.15, 0.2) is 5.82 Å². The number of rotatable bonds is 5. The topological polar surface area (TPSA) is 88.2 Å². The van der Waals surface area contributed by atoms with Gasteiger partial charge in [-0.1, -0.05) is 28.4 Å². The summed E-state index contributed by atoms with van der Waals surface area (Å²) in [4.78, 5) is 15.7. The Morgan fingerprint density at radius 2 is 2.15 bits per heavy atom. The molecule has 2 aromatic rings. The normalized spacial score (nSPS) is 10.6. The van der Waals surface area contributed by atoms with Crippen LogP contribution in [0.5, 0.6) is 0 Å². The smallest absolute Gasteiger partial charge is 0.252 e. The van der Waals surface area contributed by atoms with Gasteiger partial charge in [-0.15, -0.1) is 0 Å². The number of amides is 1. The second-order valence-electron chi connectivity index (χ2n) is 3.90. The van der Waals surface area contributed by atoms with Crippen molar-refractivity contribution < 1.29 is 14.4 Å². The Hall–Kier alpha value is -1.63. The lowest BCUT2D eigenvalue weighted by molar-refractivity contribution is 0.0954. The highest BCUT2D eigenvalue weighted by Gasteiger charge is 2.09. The summed E-state index contributed by atoms with van der Waals surface area (Å²) in [7, 11) is 0. The van der Waals surface area contributed by atoms with Crippen LogP contribution in [0.2, 0.25) is 10.0 Å². The Morgan fingerprint density at radius 3 is 2.80 bits per heavy atom. The fourth-order valence-electron chi connectivity index (χ4n) is 1.48. The van der Waals surface area contributed by atoms with Crippen LogP contribution in [-0.2, 0) is 13.0 Å². The van der Waals surface area contributed by atoms with Crippen molar-refractivity contribution in [2.45, 2.75) is 13.0 Å². The van der Waals surface area contributed by atoms with Crippen molar-refractivity contribution in [2.75, 3.05) is 6.54 Å². The van der Waals surface area contributed by atoms with Crippen molar-refractivity contribution in [3.8, 4) is 0 Å². The predicted octanol–water partition coefficient (Wildman–Crippen LogP) is 1.84. The van der Waals surface area contributed by atoms with E-state index in [1.165, 1.54) is 6.07 Å². The van der Waals surface area contributed by atoms with Gasteiger partial charge in [-0.3, -0.25) is 4.79 Å². The zero-order valence-corrected chi connectivity index (χ0v) is 11.8. The number of benzene rings is 1. The lowest BCUT2D eigenvalue weighted by atomic mass is 10.2. The molecule has 1 aromatic carbocycles. The largest absolute Gasteiger partial charge is 0.387 e. The van der Waals surface area contributed by atoms with E-state index in [2.05, 4.69) is 15.5 Å². The average molecular weight is 316 g/mol. The van der Waals surface area contributed by atoms with Crippen molar-refractivity contribution in [2.24, 2.45) is 0 Å². The van der Waals surface area contributed by atoms with E-state index >= 15 is 0 Å². The molecule has 20 heavy (non-hydrogen) atoms. The van der Waals surface area contributed by atoms with Gasteiger partial charge in [-0.05, 0) is 18.2 Å². The molecule has 0 aliphatic rings. The average Bonchev–Trinajstić information content (AvgIpc) is 2.89. The standard InChI is InChI=1S/C12H11Cl2N3O3/c13-8-2-1-7(5-9(8)14)12(19)15-4-3-10-16-11(6-18)20-17-10/h1-2,5,18H,3-4,6H2,(H,15,19). The van der Waals surface area contributed by atoms with Gasteiger partial charge in [-0.25, -0.2) is 0 Å². The molecular weight excluding hydrogens is 305 g/mol. The molecule has 0 saturated carbocycles. The van der Waals surface area contributed by atoms with Crippen molar-refractivity contribution >= 4 is 29.1 Å². The molecule has 2 N–H and O–H groups in total. The molecule has 0 bridgehead atoms. The number of aliphatic hydroxyl groups is 1. The molecule has 1 amide bonds. The first-order valence-electron chi connectivity index (χ1n) is 5.75. The molecule has 0 atom stereocenters. The lowest BCUT2D eigenvalue weighted by Crippen LogP contribution is -2.25. The van der Waals surface area contributed by atoms with E-state index in [0.717, 1.165) is 0 Å². The molecule has 0 aliphatic carbocycles. The summed E-state index contributed by atoms with van der Waals surface area (Å²) in [5, 5.41) is 15.8. The fourth-order valence-corrected chi connectivity index (χ4v) is 1.78. The van der Waals surface area contributed by atoms with Crippen LogP contribution in [0.15, 0.2) is 22.7 Å². The van der Waals surface area contributed by atoms with E-state index in [9.17, 15) is 4.79 Å². The van der Waals surface area contributed by atoms with E-state index in [4.69, 9.17) is 32.8 Å². The number of nitrogens with one attached hydrogen (secondary N) is 1. The summed E-state index contributed by atoms with van der Waals surface area (Å²) in [6.45, 7) is 0.0338. The van der Waals surface area contributed by atoms with Gasteiger partial charge >= 0.3 is 0 Å². The van der Waals surface area contributed by atoms with Crippen molar-refractivity contribution in [1.82, 2.24) is 15.5 Å². The summed E-state index contributed by atoms with van der Waals surface area (Å²) in [6, 6.07) is 4.64. The summed E-state index contributed by atoms with van der Waals surface area (Å²) >= 11 is 11.6. The summed E-state index contributed by atoms with van der Waals surface area (Å²) in [5.41, 5.74) is 0.420. The number of carbonyl (C=O) groups excluding carboxylic acids is 1. The zero-order valence-electron chi connectivity index (χ0n) is 10.3. The number of aliphatic hydroxyl groups excluding tert-OH is 1. The molecule has 0 saturated heterocycles. The Labute approximate surface area is 124 Å². The van der Waals surface area contributed by atoms with Crippen LogP contribution in [0.3, 0.4) is 0 Å². The fraction of sp³-hybridized carbons (Fsp3) is 0.250. The molecule has 1 heterocycles. The number of carbonyl (C=O) groups is 1. The van der Waals surface area contributed by atoms with Crippen molar-refractivity contribution in [1.29, 1.82) is 0 Å². The monoisotopic (exact) mass is 315 g/mol. The summed E-state index contributed by atoms with van der Waals surface area (Å²) < 4.78 is 4.73. The van der Waals surface area contributed by atoms with Crippen LogP contribution in [-0.4, -0.2) is 27.7 Å². The molecule has 1 aromatic heterocycles. The highest BCUT2D eigenvalue weighted by atomic mass is 35.5. The molecule has 6 nitrogen and oxygen atoms in total. The second-order valence-corrected chi connectivity index (χ2v) is 4.71. The van der Waals surface area contributed by atoms with Gasteiger partial charge in [0.1, 0.15) is 6.61 Å². The van der Waals surface area contributed by atoms with Crippen LogP contribution < -0.4 is 5.32 Å². The van der Waals surface area contributed by atoms with Crippen molar-refractivity contribution in [3.05, 3.63) is 45.5 Å². The van der Waals surface area contributed by atoms with Gasteiger partial charge in [0.05, 0.1) is 10.0 Å². The Morgan fingerprint density at radius 1 is 1.35 bits per heavy atom. The van der Waals surface area contributed by atoms with Crippen LogP contribution in [0, 0.1) is 0 Å². The maximum absolute atomic E-state index is 11.8. The van der Waals surface area contributed by atoms with Crippen LogP contribution >= 0.6 is 23.2 Å². The van der Waals surface area contributed by atoms with Gasteiger partial charge in [0, 0.05) is 18.5 Å². The van der Waals surface area contributed by atoms with Gasteiger partial charge in [0.25, 0.3) is 11.8 Å². The maximum atomic E-state index is 11.8. The number of hydrogen-bond donors (Lipinski definition) is 2. The van der Waals surface area contributed by atoms with E-state index in [-0.39, 0.29) is 18.4 Å². The first-order chi connectivity index (χ1) is 9.60. The third-order valence-electron chi connectivity index (χ3n) is 2.46. The van der Waals surface area contributed by atoms with E-state index in [1.807, 2.05) is 0 Å². The highest BCUT2D eigenvalue weighted by molar-refractivity contribution is 6.42. The Kier molecular flexibility index (Phi) is 4.94. The van der Waals surface area contributed by atoms with Crippen LogP contribution in [0.25, 0.3) is 0 Å². The Bertz CT molecular complexity index is 616. The van der Waals surface area contributed by atoms with E-state index < -0.39 is 0 Å². The molecular formula is C12H11Cl2N3O3. The predicted molar refractivity (Wildman–Crippen MR) is 72.7 cm³/mol. The lowest BCUT2D eigenvalue weighted by Gasteiger charge is -2.04. The van der Waals surface area contributed by atoms with Crippen LogP contribution in [0.1, 0.15) is 22.1 Å². The maximum Gasteiger partial charge on any atom is 0.252 e. The number of aromatic nitrogens is 2. The summed E-state index contributed by atoms with van der Waals surface area (Å²) in [5.74, 6) is 0.300. The number of nitrogens with zero attached hydrogens (tertiary/aromatic N) is 2. The first-order valence-corrected chi connectivity index (χ1v) is 6.51. The molecule has 0 spiro atoms. The van der Waals surface area contributed by atoms with Crippen LogP contribution in [0.4, 0.5) is 0 Å². The van der Waals surface area contributed by atoms with Gasteiger partial charge in [0.2, 0.25) is 0 Å². The van der Waals surface area contributed by atoms with E-state index in [1.54, 1.807) is 12.1 Å². The third kappa shape index (κ3) is 3.69. The van der Waals surface area contributed by atoms with Crippen molar-refractivity contribution in [3.63, 3.8) is 0 Å². The quantitative estimate of drug-likeness (QED) is 0.879. The van der Waals surface area contributed by atoms with Gasteiger partial charge < -0.3 is 14.9 Å². The molecule has 0 unspecified atom stereocenters. The molecule has 8 heteroatoms. The molecule has 2 rings (SSSR count). The Balaban J connectivity index is 1.87. The molecule has 106 valence electrons. The molecule has 0 fully saturated rings. The molecule has 0 radical (unpaired) electrons. The van der Waals surface area contributed by atoms with Gasteiger partial charge in [-0.2, -0.15) is 4.98 Å². The second kappa shape index (κ2) is 6.69. The highest BCUT2D eigenvalue weighted by Crippen LogP contribution is 2.22. The molecule has 0 aliphatic heterocycles. The number of hydrogen-bond acceptors (Lipinski definition) is 5. The first kappa shape index (κ1) is 14.8. The minimum Gasteiger partial charge on any atom is -0.387 e. The van der Waals surface area contributed by atoms with E-state index in [0.29, 0.717) is 34.4 Å². The minimum absolute atomic E-state index is 0.149. The minimum atomic E-state index is -0.303. The SMILES string of the molecule is O=C(NCCc1noc(CO)n1)c1ccc(Cl)c(Cl)c1. The third-order valence-corrected chi connectivity index (χ3v) is 3.20.